The van der Waals surface area contributed by atoms with Gasteiger partial charge in [-0.2, -0.15) is 0 Å². The molecule has 0 saturated carbocycles. The van der Waals surface area contributed by atoms with Crippen LogP contribution < -0.4 is 10.2 Å². The van der Waals surface area contributed by atoms with E-state index in [4.69, 9.17) is 9.57 Å². The van der Waals surface area contributed by atoms with E-state index in [1.807, 2.05) is 43.5 Å². The van der Waals surface area contributed by atoms with Crippen LogP contribution in [-0.2, 0) is 11.4 Å². The summed E-state index contributed by atoms with van der Waals surface area (Å²) >= 11 is 1.62. The first-order valence-corrected chi connectivity index (χ1v) is 10.6. The van der Waals surface area contributed by atoms with Gasteiger partial charge in [0.1, 0.15) is 23.5 Å². The van der Waals surface area contributed by atoms with Crippen molar-refractivity contribution in [2.45, 2.75) is 45.8 Å². The Hall–Kier alpha value is -2.70. The Morgan fingerprint density at radius 3 is 2.45 bits per heavy atom. The number of carbonyl (C=O) groups is 1. The van der Waals surface area contributed by atoms with Gasteiger partial charge in [0, 0.05) is 16.6 Å². The van der Waals surface area contributed by atoms with E-state index in [0.717, 1.165) is 17.0 Å². The number of hydroxylamine groups is 1. The summed E-state index contributed by atoms with van der Waals surface area (Å²) in [4.78, 5) is 23.7. The highest BCUT2D eigenvalue weighted by Crippen LogP contribution is 2.29. The maximum Gasteiger partial charge on any atom is 0.274 e. The van der Waals surface area contributed by atoms with Crippen LogP contribution in [0.2, 0.25) is 0 Å². The van der Waals surface area contributed by atoms with Crippen LogP contribution in [0.25, 0.3) is 0 Å². The zero-order valence-corrected chi connectivity index (χ0v) is 17.7. The molecule has 0 aliphatic heterocycles. The Kier molecular flexibility index (Phi) is 7.38. The highest BCUT2D eigenvalue weighted by atomic mass is 32.1. The summed E-state index contributed by atoms with van der Waals surface area (Å²) in [6, 6.07) is 17.0. The second-order valence-electron chi connectivity index (χ2n) is 7.00. The van der Waals surface area contributed by atoms with Crippen LogP contribution in [-0.4, -0.2) is 10.9 Å². The fourth-order valence-corrected chi connectivity index (χ4v) is 3.69. The molecule has 1 aromatic heterocycles. The lowest BCUT2D eigenvalue weighted by molar-refractivity contribution is -0.0190. The van der Waals surface area contributed by atoms with Crippen LogP contribution in [0.5, 0.6) is 5.75 Å². The van der Waals surface area contributed by atoms with Crippen molar-refractivity contribution in [2.24, 2.45) is 0 Å². The van der Waals surface area contributed by atoms with Crippen molar-refractivity contribution in [2.75, 3.05) is 0 Å². The maximum atomic E-state index is 12.4. The van der Waals surface area contributed by atoms with Gasteiger partial charge in [-0.05, 0) is 42.2 Å². The smallest absolute Gasteiger partial charge is 0.274 e. The minimum atomic E-state index is -0.293. The lowest BCUT2D eigenvalue weighted by Gasteiger charge is -2.14. The molecule has 152 valence electrons. The van der Waals surface area contributed by atoms with E-state index in [0.29, 0.717) is 23.8 Å². The van der Waals surface area contributed by atoms with Crippen molar-refractivity contribution in [3.05, 3.63) is 81.8 Å². The summed E-state index contributed by atoms with van der Waals surface area (Å²) in [7, 11) is 0. The van der Waals surface area contributed by atoms with Crippen molar-refractivity contribution in [1.82, 2.24) is 10.5 Å². The topological polar surface area (TPSA) is 60.5 Å². The van der Waals surface area contributed by atoms with Crippen LogP contribution in [0.1, 0.15) is 65.0 Å². The SMILES string of the molecule is CCC(ONC(=O)c1ccc(OCc2ccccc2)cc1)c1ncc(C(C)C)s1. The first kappa shape index (κ1) is 21.0. The number of nitrogens with one attached hydrogen (secondary N) is 1. The molecule has 0 saturated heterocycles. The first-order chi connectivity index (χ1) is 14.1. The lowest BCUT2D eigenvalue weighted by Crippen LogP contribution is -2.25. The number of hydrogen-bond acceptors (Lipinski definition) is 5. The number of amides is 1. The second kappa shape index (κ2) is 10.2. The molecule has 0 bridgehead atoms. The van der Waals surface area contributed by atoms with Crippen LogP contribution in [0.4, 0.5) is 0 Å². The summed E-state index contributed by atoms with van der Waals surface area (Å²) in [6.07, 6.45) is 2.34. The number of ether oxygens (including phenoxy) is 1. The molecule has 1 amide bonds. The molecule has 3 rings (SSSR count). The van der Waals surface area contributed by atoms with Crippen molar-refractivity contribution >= 4 is 17.2 Å². The molecule has 0 radical (unpaired) electrons. The summed E-state index contributed by atoms with van der Waals surface area (Å²) < 4.78 is 5.75. The van der Waals surface area contributed by atoms with E-state index in [2.05, 4.69) is 24.3 Å². The van der Waals surface area contributed by atoms with Gasteiger partial charge >= 0.3 is 0 Å². The number of nitrogens with zero attached hydrogens (tertiary/aromatic N) is 1. The third-order valence-electron chi connectivity index (χ3n) is 4.42. The highest BCUT2D eigenvalue weighted by molar-refractivity contribution is 7.11. The summed E-state index contributed by atoms with van der Waals surface area (Å²) in [5.74, 6) is 0.844. The van der Waals surface area contributed by atoms with Crippen LogP contribution >= 0.6 is 11.3 Å². The Bertz CT molecular complexity index is 907. The van der Waals surface area contributed by atoms with Gasteiger partial charge < -0.3 is 4.74 Å². The van der Waals surface area contributed by atoms with Crippen LogP contribution in [0.3, 0.4) is 0 Å². The number of thiazole rings is 1. The molecule has 1 unspecified atom stereocenters. The molecule has 1 atom stereocenters. The monoisotopic (exact) mass is 410 g/mol. The van der Waals surface area contributed by atoms with Crippen molar-refractivity contribution < 1.29 is 14.4 Å². The van der Waals surface area contributed by atoms with Crippen molar-refractivity contribution in [3.8, 4) is 5.75 Å². The molecule has 1 N–H and O–H groups in total. The van der Waals surface area contributed by atoms with Gasteiger partial charge in [0.15, 0.2) is 0 Å². The minimum absolute atomic E-state index is 0.259. The van der Waals surface area contributed by atoms with Gasteiger partial charge in [0.05, 0.1) is 0 Å². The van der Waals surface area contributed by atoms with Gasteiger partial charge in [-0.15, -0.1) is 11.3 Å². The van der Waals surface area contributed by atoms with Gasteiger partial charge in [-0.3, -0.25) is 9.63 Å². The largest absolute Gasteiger partial charge is 0.489 e. The normalized spacial score (nSPS) is 12.0. The third-order valence-corrected chi connectivity index (χ3v) is 5.81. The lowest BCUT2D eigenvalue weighted by atomic mass is 10.2. The molecule has 0 aliphatic carbocycles. The van der Waals surface area contributed by atoms with E-state index in [1.165, 1.54) is 4.88 Å². The molecule has 3 aromatic rings. The number of aromatic nitrogens is 1. The average molecular weight is 411 g/mol. The third kappa shape index (κ3) is 5.89. The zero-order chi connectivity index (χ0) is 20.6. The molecule has 6 heteroatoms. The van der Waals surface area contributed by atoms with E-state index in [9.17, 15) is 4.79 Å². The van der Waals surface area contributed by atoms with Crippen LogP contribution in [0.15, 0.2) is 60.8 Å². The fraction of sp³-hybridized carbons (Fsp3) is 0.304. The molecule has 29 heavy (non-hydrogen) atoms. The molecule has 2 aromatic carbocycles. The zero-order valence-electron chi connectivity index (χ0n) is 16.9. The number of hydrogen-bond donors (Lipinski definition) is 1. The minimum Gasteiger partial charge on any atom is -0.489 e. The average Bonchev–Trinajstić information content (AvgIpc) is 3.24. The van der Waals surface area contributed by atoms with E-state index in [1.54, 1.807) is 35.6 Å². The standard InChI is InChI=1S/C23H26N2O3S/c1-4-20(23-24-14-21(29-23)16(2)3)28-25-22(26)18-10-12-19(13-11-18)27-15-17-8-6-5-7-9-17/h5-14,16,20H,4,15H2,1-3H3,(H,25,26). The maximum absolute atomic E-state index is 12.4. The number of benzene rings is 2. The predicted molar refractivity (Wildman–Crippen MR) is 115 cm³/mol. The van der Waals surface area contributed by atoms with Gasteiger partial charge in [0.2, 0.25) is 0 Å². The van der Waals surface area contributed by atoms with Gasteiger partial charge in [-0.1, -0.05) is 51.1 Å². The molecular weight excluding hydrogens is 384 g/mol. The first-order valence-electron chi connectivity index (χ1n) is 9.75. The summed E-state index contributed by atoms with van der Waals surface area (Å²) in [6.45, 7) is 6.76. The van der Waals surface area contributed by atoms with Crippen LogP contribution in [0, 0.1) is 0 Å². The molecule has 0 fully saturated rings. The van der Waals surface area contributed by atoms with E-state index in [-0.39, 0.29) is 12.0 Å². The second-order valence-corrected chi connectivity index (χ2v) is 8.09. The number of rotatable bonds is 9. The van der Waals surface area contributed by atoms with Gasteiger partial charge in [0.25, 0.3) is 5.91 Å². The highest BCUT2D eigenvalue weighted by Gasteiger charge is 2.18. The van der Waals surface area contributed by atoms with E-state index >= 15 is 0 Å². The summed E-state index contributed by atoms with van der Waals surface area (Å²) in [5.41, 5.74) is 4.15. The number of carbonyl (C=O) groups excluding carboxylic acids is 1. The molecule has 0 spiro atoms. The summed E-state index contributed by atoms with van der Waals surface area (Å²) in [5, 5.41) is 0.876. The van der Waals surface area contributed by atoms with Crippen molar-refractivity contribution in [3.63, 3.8) is 0 Å². The molecule has 0 aliphatic rings. The van der Waals surface area contributed by atoms with Crippen molar-refractivity contribution in [1.29, 1.82) is 0 Å². The molecule has 1 heterocycles. The van der Waals surface area contributed by atoms with Gasteiger partial charge in [-0.25, -0.2) is 10.5 Å². The van der Waals surface area contributed by atoms with E-state index < -0.39 is 0 Å². The molecule has 5 nitrogen and oxygen atoms in total. The Balaban J connectivity index is 1.53. The quantitative estimate of drug-likeness (QED) is 0.463. The Labute approximate surface area is 175 Å². The Morgan fingerprint density at radius 1 is 1.10 bits per heavy atom. The fourth-order valence-electron chi connectivity index (χ4n) is 2.65. The predicted octanol–water partition coefficient (Wildman–Crippen LogP) is 5.66. The Morgan fingerprint density at radius 2 is 1.83 bits per heavy atom. The molecular formula is C23H26N2O3S.